The summed E-state index contributed by atoms with van der Waals surface area (Å²) in [6, 6.07) is 0. The monoisotopic (exact) mass is 243 g/mol. The van der Waals surface area contributed by atoms with Gasteiger partial charge in [-0.25, -0.2) is 0 Å². The maximum atomic E-state index is 12.4. The van der Waals surface area contributed by atoms with Crippen LogP contribution in [0.2, 0.25) is 0 Å². The number of nitrogens with zero attached hydrogens (tertiary/aromatic N) is 1. The molecule has 4 heteroatoms. The highest BCUT2D eigenvalue weighted by molar-refractivity contribution is 5.80. The quantitative estimate of drug-likeness (QED) is 0.308. The normalized spacial score (nSPS) is 14.2. The largest absolute Gasteiger partial charge is 0.438 e. The van der Waals surface area contributed by atoms with Crippen molar-refractivity contribution in [3.63, 3.8) is 0 Å². The molecular weight excluding hydrogens is 224 g/mol. The van der Waals surface area contributed by atoms with E-state index >= 15 is 0 Å². The van der Waals surface area contributed by atoms with Crippen LogP contribution in [-0.2, 0) is 4.74 Å². The number of allylic oxidation sites excluding steroid dienone is 4. The summed E-state index contributed by atoms with van der Waals surface area (Å²) in [6.07, 6.45) is 1.92. The lowest BCUT2D eigenvalue weighted by atomic mass is 10.2. The number of hydrogen-bond donors (Lipinski definition) is 0. The molecule has 0 aromatic carbocycles. The molecule has 0 fully saturated rings. The molecule has 0 amide bonds. The van der Waals surface area contributed by atoms with Crippen molar-refractivity contribution in [2.75, 3.05) is 7.05 Å². The lowest BCUT2D eigenvalue weighted by Crippen LogP contribution is -2.14. The smallest absolute Gasteiger partial charge is 0.312 e. The van der Waals surface area contributed by atoms with Crippen LogP contribution in [0.5, 0.6) is 0 Å². The molecule has 0 aliphatic heterocycles. The van der Waals surface area contributed by atoms with Crippen molar-refractivity contribution in [3.05, 3.63) is 35.6 Å². The van der Waals surface area contributed by atoms with Crippen molar-refractivity contribution in [1.82, 2.24) is 0 Å². The van der Waals surface area contributed by atoms with Gasteiger partial charge in [-0.3, -0.25) is 4.99 Å². The first kappa shape index (κ1) is 15.6. The molecule has 0 aromatic rings. The number of ether oxygens (including phenoxy) is 1. The molecular formula is C13H19F2NO. The van der Waals surface area contributed by atoms with Gasteiger partial charge in [0, 0.05) is 7.05 Å². The van der Waals surface area contributed by atoms with Crippen molar-refractivity contribution in [3.8, 4) is 0 Å². The highest BCUT2D eigenvalue weighted by Gasteiger charge is 2.15. The highest BCUT2D eigenvalue weighted by Crippen LogP contribution is 2.13. The van der Waals surface area contributed by atoms with E-state index in [0.717, 1.165) is 6.42 Å². The molecule has 0 unspecified atom stereocenters. The van der Waals surface area contributed by atoms with Crippen LogP contribution >= 0.6 is 0 Å². The Hall–Kier alpha value is -1.45. The Morgan fingerprint density at radius 3 is 2.35 bits per heavy atom. The van der Waals surface area contributed by atoms with Crippen molar-refractivity contribution in [1.29, 1.82) is 0 Å². The van der Waals surface area contributed by atoms with Gasteiger partial charge in [0.15, 0.2) is 0 Å². The number of aliphatic imine (C=N–C) groups is 1. The average Bonchev–Trinajstić information content (AvgIpc) is 2.31. The molecule has 0 N–H and O–H groups in total. The topological polar surface area (TPSA) is 21.6 Å². The van der Waals surface area contributed by atoms with Gasteiger partial charge in [-0.05, 0) is 25.8 Å². The van der Waals surface area contributed by atoms with E-state index in [2.05, 4.69) is 11.6 Å². The van der Waals surface area contributed by atoms with Gasteiger partial charge < -0.3 is 4.74 Å². The van der Waals surface area contributed by atoms with Crippen molar-refractivity contribution < 1.29 is 13.5 Å². The van der Waals surface area contributed by atoms with Crippen molar-refractivity contribution >= 4 is 5.90 Å². The van der Waals surface area contributed by atoms with E-state index in [1.54, 1.807) is 13.0 Å². The first-order valence-corrected chi connectivity index (χ1v) is 5.38. The summed E-state index contributed by atoms with van der Waals surface area (Å²) >= 11 is 0. The summed E-state index contributed by atoms with van der Waals surface area (Å²) in [7, 11) is 1.26. The molecule has 17 heavy (non-hydrogen) atoms. The Morgan fingerprint density at radius 1 is 1.35 bits per heavy atom. The second-order valence-electron chi connectivity index (χ2n) is 3.60. The van der Waals surface area contributed by atoms with Gasteiger partial charge in [0.25, 0.3) is 5.90 Å². The molecule has 0 spiro atoms. The maximum absolute atomic E-state index is 12.4. The standard InChI is InChI=1S/C13H19F2NO/c1-6-9(2)7-8-10(3)11(4)17-13(16-5)12(14)15/h7-8,12H,4,6H2,1-3,5H3/b9-7+,10-8+,16-13?. The summed E-state index contributed by atoms with van der Waals surface area (Å²) < 4.78 is 29.6. The minimum atomic E-state index is -2.72. The van der Waals surface area contributed by atoms with Gasteiger partial charge in [-0.1, -0.05) is 31.2 Å². The Balaban J connectivity index is 4.62. The van der Waals surface area contributed by atoms with Crippen LogP contribution < -0.4 is 0 Å². The zero-order chi connectivity index (χ0) is 13.4. The molecule has 96 valence electrons. The van der Waals surface area contributed by atoms with Crippen LogP contribution in [0.1, 0.15) is 27.2 Å². The molecule has 0 aromatic heterocycles. The summed E-state index contributed by atoms with van der Waals surface area (Å²) in [5, 5.41) is 0. The fourth-order valence-electron chi connectivity index (χ4n) is 0.873. The van der Waals surface area contributed by atoms with E-state index in [9.17, 15) is 8.78 Å². The van der Waals surface area contributed by atoms with Gasteiger partial charge in [-0.15, -0.1) is 0 Å². The number of halogens is 2. The van der Waals surface area contributed by atoms with E-state index in [0.29, 0.717) is 5.57 Å². The van der Waals surface area contributed by atoms with Gasteiger partial charge in [-0.2, -0.15) is 8.78 Å². The summed E-state index contributed by atoms with van der Waals surface area (Å²) in [5.41, 5.74) is 1.88. The van der Waals surface area contributed by atoms with E-state index in [1.165, 1.54) is 12.6 Å². The highest BCUT2D eigenvalue weighted by atomic mass is 19.3. The SMILES string of the molecule is C=C(OC(=NC)C(F)F)/C(C)=C/C=C(\C)CC. The second-order valence-corrected chi connectivity index (χ2v) is 3.60. The van der Waals surface area contributed by atoms with Crippen molar-refractivity contribution in [2.45, 2.75) is 33.6 Å². The van der Waals surface area contributed by atoms with Crippen LogP contribution in [0.25, 0.3) is 0 Å². The van der Waals surface area contributed by atoms with Gasteiger partial charge in [0.1, 0.15) is 5.76 Å². The van der Waals surface area contributed by atoms with Crippen LogP contribution in [0, 0.1) is 0 Å². The number of hydrogen-bond acceptors (Lipinski definition) is 2. The molecule has 0 heterocycles. The van der Waals surface area contributed by atoms with E-state index in [1.807, 2.05) is 19.9 Å². The zero-order valence-corrected chi connectivity index (χ0v) is 10.8. The molecule has 0 atom stereocenters. The lowest BCUT2D eigenvalue weighted by Gasteiger charge is -2.09. The lowest BCUT2D eigenvalue weighted by molar-refractivity contribution is 0.188. The minimum Gasteiger partial charge on any atom is -0.438 e. The minimum absolute atomic E-state index is 0.186. The second kappa shape index (κ2) is 7.76. The van der Waals surface area contributed by atoms with Gasteiger partial charge in [0.2, 0.25) is 0 Å². The summed E-state index contributed by atoms with van der Waals surface area (Å²) in [5.74, 6) is -0.426. The molecule has 0 radical (unpaired) electrons. The molecule has 0 bridgehead atoms. The third-order valence-electron chi connectivity index (χ3n) is 2.25. The van der Waals surface area contributed by atoms with E-state index in [-0.39, 0.29) is 5.76 Å². The Morgan fingerprint density at radius 2 is 1.94 bits per heavy atom. The zero-order valence-electron chi connectivity index (χ0n) is 10.8. The predicted octanol–water partition coefficient (Wildman–Crippen LogP) is 4.11. The fraction of sp³-hybridized carbons (Fsp3) is 0.462. The van der Waals surface area contributed by atoms with E-state index in [4.69, 9.17) is 4.74 Å². The third kappa shape index (κ3) is 6.00. The molecule has 0 saturated heterocycles. The van der Waals surface area contributed by atoms with Crippen LogP contribution in [-0.4, -0.2) is 19.4 Å². The van der Waals surface area contributed by atoms with E-state index < -0.39 is 12.3 Å². The Bertz CT molecular complexity index is 354. The van der Waals surface area contributed by atoms with Gasteiger partial charge in [0.05, 0.1) is 0 Å². The summed E-state index contributed by atoms with van der Waals surface area (Å²) in [4.78, 5) is 3.36. The fourth-order valence-corrected chi connectivity index (χ4v) is 0.873. The average molecular weight is 243 g/mol. The van der Waals surface area contributed by atoms with Gasteiger partial charge >= 0.3 is 6.43 Å². The molecule has 2 nitrogen and oxygen atoms in total. The van der Waals surface area contributed by atoms with Crippen LogP contribution in [0.15, 0.2) is 40.6 Å². The molecule has 0 aliphatic rings. The maximum Gasteiger partial charge on any atom is 0.312 e. The Kier molecular flexibility index (Phi) is 7.10. The molecule has 0 saturated carbocycles. The first-order chi connectivity index (χ1) is 7.92. The van der Waals surface area contributed by atoms with Crippen molar-refractivity contribution in [2.24, 2.45) is 4.99 Å². The first-order valence-electron chi connectivity index (χ1n) is 5.38. The number of rotatable bonds is 5. The van der Waals surface area contributed by atoms with Crippen LogP contribution in [0.4, 0.5) is 8.78 Å². The predicted molar refractivity (Wildman–Crippen MR) is 67.4 cm³/mol. The third-order valence-corrected chi connectivity index (χ3v) is 2.25. The molecule has 0 rings (SSSR count). The number of alkyl halides is 2. The summed E-state index contributed by atoms with van der Waals surface area (Å²) in [6.45, 7) is 9.38. The Labute approximate surface area is 101 Å². The molecule has 0 aliphatic carbocycles. The van der Waals surface area contributed by atoms with Crippen LogP contribution in [0.3, 0.4) is 0 Å².